The van der Waals surface area contributed by atoms with Gasteiger partial charge in [0.05, 0.1) is 0 Å². The quantitative estimate of drug-likeness (QED) is 0.673. The van der Waals surface area contributed by atoms with Crippen molar-refractivity contribution in [1.29, 1.82) is 0 Å². The van der Waals surface area contributed by atoms with Gasteiger partial charge >= 0.3 is 5.97 Å². The lowest BCUT2D eigenvalue weighted by molar-refractivity contribution is -0.193. The fourth-order valence-electron chi connectivity index (χ4n) is 3.79. The Bertz CT molecular complexity index is 290. The van der Waals surface area contributed by atoms with Crippen LogP contribution in [0.1, 0.15) is 40.0 Å². The summed E-state index contributed by atoms with van der Waals surface area (Å²) in [6.45, 7) is 5.68. The van der Waals surface area contributed by atoms with Crippen LogP contribution in [0.15, 0.2) is 0 Å². The number of carbonyl (C=O) groups is 1. The van der Waals surface area contributed by atoms with Gasteiger partial charge in [-0.15, -0.1) is 0 Å². The average molecular weight is 198 g/mol. The summed E-state index contributed by atoms with van der Waals surface area (Å²) in [5, 5.41) is 19.7. The highest BCUT2D eigenvalue weighted by atomic mass is 16.4. The van der Waals surface area contributed by atoms with Gasteiger partial charge in [-0.2, -0.15) is 0 Å². The first-order valence-corrected chi connectivity index (χ1v) is 5.21. The second-order valence-electron chi connectivity index (χ2n) is 5.74. The molecule has 3 nitrogen and oxygen atoms in total. The summed E-state index contributed by atoms with van der Waals surface area (Å²) in [5.74, 6) is -0.694. The van der Waals surface area contributed by atoms with E-state index in [1.807, 2.05) is 20.8 Å². The van der Waals surface area contributed by atoms with Gasteiger partial charge in [0.1, 0.15) is 0 Å². The fraction of sp³-hybridized carbons (Fsp3) is 0.909. The maximum absolute atomic E-state index is 11.3. The molecule has 0 aromatic heterocycles. The van der Waals surface area contributed by atoms with Crippen molar-refractivity contribution in [1.82, 2.24) is 0 Å². The third kappa shape index (κ3) is 0.761. The molecule has 14 heavy (non-hydrogen) atoms. The Morgan fingerprint density at radius 3 is 2.21 bits per heavy atom. The summed E-state index contributed by atoms with van der Waals surface area (Å²) in [6, 6.07) is 0. The van der Waals surface area contributed by atoms with Crippen molar-refractivity contribution in [3.05, 3.63) is 0 Å². The summed E-state index contributed by atoms with van der Waals surface area (Å²) < 4.78 is 0. The molecule has 2 aliphatic rings. The van der Waals surface area contributed by atoms with Crippen molar-refractivity contribution in [3.8, 4) is 0 Å². The summed E-state index contributed by atoms with van der Waals surface area (Å²) in [5.41, 5.74) is -2.46. The van der Waals surface area contributed by atoms with E-state index in [0.717, 1.165) is 19.3 Å². The molecule has 3 unspecified atom stereocenters. The van der Waals surface area contributed by atoms with Crippen LogP contribution in [-0.2, 0) is 4.79 Å². The highest BCUT2D eigenvalue weighted by Gasteiger charge is 2.72. The van der Waals surface area contributed by atoms with E-state index >= 15 is 0 Å². The van der Waals surface area contributed by atoms with E-state index in [1.54, 1.807) is 0 Å². The van der Waals surface area contributed by atoms with Gasteiger partial charge in [-0.3, -0.25) is 0 Å². The molecule has 0 spiro atoms. The van der Waals surface area contributed by atoms with Crippen molar-refractivity contribution in [3.63, 3.8) is 0 Å². The smallest absolute Gasteiger partial charge is 0.336 e. The first-order chi connectivity index (χ1) is 6.26. The third-order valence-corrected chi connectivity index (χ3v) is 4.88. The molecule has 2 bridgehead atoms. The second-order valence-corrected chi connectivity index (χ2v) is 5.74. The molecule has 0 heterocycles. The minimum Gasteiger partial charge on any atom is -0.479 e. The van der Waals surface area contributed by atoms with Gasteiger partial charge in [0.15, 0.2) is 5.60 Å². The summed E-state index contributed by atoms with van der Waals surface area (Å²) in [4.78, 5) is 11.3. The van der Waals surface area contributed by atoms with Crippen molar-refractivity contribution in [2.45, 2.75) is 45.6 Å². The van der Waals surface area contributed by atoms with Crippen LogP contribution in [0.25, 0.3) is 0 Å². The van der Waals surface area contributed by atoms with Crippen LogP contribution >= 0.6 is 0 Å². The van der Waals surface area contributed by atoms with Crippen molar-refractivity contribution in [2.75, 3.05) is 0 Å². The molecule has 2 aliphatic carbocycles. The molecule has 3 heteroatoms. The van der Waals surface area contributed by atoms with E-state index in [1.165, 1.54) is 0 Å². The molecular formula is C11H18O3. The van der Waals surface area contributed by atoms with E-state index < -0.39 is 22.4 Å². The average Bonchev–Trinajstić information content (AvgIpc) is 2.51. The van der Waals surface area contributed by atoms with E-state index in [-0.39, 0.29) is 0 Å². The van der Waals surface area contributed by atoms with Crippen molar-refractivity contribution < 1.29 is 15.0 Å². The summed E-state index contributed by atoms with van der Waals surface area (Å²) in [6.07, 6.45) is 2.74. The molecule has 0 radical (unpaired) electrons. The second kappa shape index (κ2) is 2.32. The van der Waals surface area contributed by atoms with Crippen LogP contribution in [0.5, 0.6) is 0 Å². The van der Waals surface area contributed by atoms with E-state index in [0.29, 0.717) is 5.92 Å². The molecule has 2 rings (SSSR count). The Morgan fingerprint density at radius 2 is 1.93 bits per heavy atom. The zero-order chi connectivity index (χ0) is 10.8. The monoisotopic (exact) mass is 198 g/mol. The fourth-order valence-corrected chi connectivity index (χ4v) is 3.79. The van der Waals surface area contributed by atoms with Crippen LogP contribution < -0.4 is 0 Å². The van der Waals surface area contributed by atoms with Crippen molar-refractivity contribution in [2.24, 2.45) is 16.7 Å². The number of aliphatic carboxylic acids is 1. The summed E-state index contributed by atoms with van der Waals surface area (Å²) >= 11 is 0. The van der Waals surface area contributed by atoms with E-state index in [9.17, 15) is 15.0 Å². The van der Waals surface area contributed by atoms with Gasteiger partial charge in [0.2, 0.25) is 0 Å². The number of hydrogen-bond acceptors (Lipinski definition) is 2. The predicted molar refractivity (Wildman–Crippen MR) is 51.8 cm³/mol. The van der Waals surface area contributed by atoms with Crippen LogP contribution in [-0.4, -0.2) is 21.8 Å². The maximum atomic E-state index is 11.3. The lowest BCUT2D eigenvalue weighted by Gasteiger charge is -2.47. The Kier molecular flexibility index (Phi) is 1.65. The predicted octanol–water partition coefficient (Wildman–Crippen LogP) is 1.65. The number of rotatable bonds is 1. The molecule has 80 valence electrons. The van der Waals surface area contributed by atoms with Gasteiger partial charge in [-0.1, -0.05) is 20.8 Å². The van der Waals surface area contributed by atoms with E-state index in [2.05, 4.69) is 0 Å². The first-order valence-electron chi connectivity index (χ1n) is 5.21. The number of fused-ring (bicyclic) bond motifs is 2. The number of carboxylic acid groups (broad SMARTS) is 1. The molecule has 0 aromatic carbocycles. The molecule has 0 aromatic rings. The lowest BCUT2D eigenvalue weighted by Crippen LogP contribution is -2.59. The third-order valence-electron chi connectivity index (χ3n) is 4.88. The molecular weight excluding hydrogens is 180 g/mol. The topological polar surface area (TPSA) is 57.5 Å². The van der Waals surface area contributed by atoms with Crippen LogP contribution in [0.3, 0.4) is 0 Å². The molecule has 0 saturated heterocycles. The van der Waals surface area contributed by atoms with Crippen LogP contribution in [0.2, 0.25) is 0 Å². The van der Waals surface area contributed by atoms with Gasteiger partial charge in [-0.05, 0) is 25.2 Å². The highest BCUT2D eigenvalue weighted by Crippen LogP contribution is 2.67. The van der Waals surface area contributed by atoms with Crippen LogP contribution in [0, 0.1) is 16.7 Å². The van der Waals surface area contributed by atoms with Gasteiger partial charge in [0, 0.05) is 10.8 Å². The zero-order valence-corrected chi connectivity index (χ0v) is 9.00. The highest BCUT2D eigenvalue weighted by molar-refractivity contribution is 5.80. The van der Waals surface area contributed by atoms with E-state index in [4.69, 9.17) is 0 Å². The van der Waals surface area contributed by atoms with Crippen LogP contribution in [0.4, 0.5) is 0 Å². The Balaban J connectivity index is 2.54. The van der Waals surface area contributed by atoms with Crippen molar-refractivity contribution >= 4 is 5.97 Å². The van der Waals surface area contributed by atoms with Gasteiger partial charge in [0.25, 0.3) is 0 Å². The molecule has 3 atom stereocenters. The maximum Gasteiger partial charge on any atom is 0.336 e. The largest absolute Gasteiger partial charge is 0.479 e. The standard InChI is InChI=1S/C11H18O3/c1-9(2)7-4-5-10(3,6-7)11(9,14)8(12)13/h7,14H,4-6H2,1-3H3,(H,12,13). The Hall–Kier alpha value is -0.570. The normalized spacial score (nSPS) is 49.6. The number of hydrogen-bond donors (Lipinski definition) is 2. The SMILES string of the molecule is CC12CCC(C1)C(C)(C)C2(O)C(=O)O. The number of carboxylic acids is 1. The lowest BCUT2D eigenvalue weighted by atomic mass is 9.60. The number of aliphatic hydroxyl groups is 1. The molecule has 2 saturated carbocycles. The zero-order valence-electron chi connectivity index (χ0n) is 9.00. The first kappa shape index (κ1) is 9.97. The van der Waals surface area contributed by atoms with Gasteiger partial charge < -0.3 is 10.2 Å². The minimum absolute atomic E-state index is 0.355. The Labute approximate surface area is 84.1 Å². The molecule has 0 aliphatic heterocycles. The summed E-state index contributed by atoms with van der Waals surface area (Å²) in [7, 11) is 0. The Morgan fingerprint density at radius 1 is 1.36 bits per heavy atom. The molecule has 0 amide bonds. The molecule has 2 fully saturated rings. The minimum atomic E-state index is -1.54. The van der Waals surface area contributed by atoms with Gasteiger partial charge in [-0.25, -0.2) is 4.79 Å². The molecule has 2 N–H and O–H groups in total.